The first-order valence-electron chi connectivity index (χ1n) is 7.61. The standard InChI is InChI=1S/C17H17N3O2/c1-3-22-17(21)11-8-9-13-14-15(11)18-12-7-5-4-6-10(12)16(14)20(2)19-13/h4-7,11H,3,8-9H2,1-2H3. The van der Waals surface area contributed by atoms with Gasteiger partial charge in [0.05, 0.1) is 29.0 Å². The van der Waals surface area contributed by atoms with Crippen molar-refractivity contribution in [2.75, 3.05) is 6.61 Å². The van der Waals surface area contributed by atoms with Crippen molar-refractivity contribution in [2.45, 2.75) is 25.7 Å². The Kier molecular flexibility index (Phi) is 2.89. The highest BCUT2D eigenvalue weighted by Gasteiger charge is 2.33. The van der Waals surface area contributed by atoms with E-state index >= 15 is 0 Å². The van der Waals surface area contributed by atoms with Crippen LogP contribution in [0.15, 0.2) is 24.3 Å². The zero-order valence-electron chi connectivity index (χ0n) is 12.7. The van der Waals surface area contributed by atoms with Crippen molar-refractivity contribution < 1.29 is 9.53 Å². The molecule has 0 fully saturated rings. The first kappa shape index (κ1) is 13.2. The molecule has 112 valence electrons. The summed E-state index contributed by atoms with van der Waals surface area (Å²) in [6, 6.07) is 8.01. The third kappa shape index (κ3) is 1.75. The van der Waals surface area contributed by atoms with Crippen molar-refractivity contribution in [1.29, 1.82) is 0 Å². The first-order chi connectivity index (χ1) is 10.7. The predicted molar refractivity (Wildman–Crippen MR) is 83.7 cm³/mol. The van der Waals surface area contributed by atoms with Crippen LogP contribution >= 0.6 is 0 Å². The number of rotatable bonds is 2. The molecule has 2 aromatic heterocycles. The molecule has 0 radical (unpaired) electrons. The van der Waals surface area contributed by atoms with E-state index in [1.54, 1.807) is 0 Å². The molecule has 0 saturated heterocycles. The maximum atomic E-state index is 12.3. The van der Waals surface area contributed by atoms with Crippen LogP contribution in [0.3, 0.4) is 0 Å². The second-order valence-corrected chi connectivity index (χ2v) is 5.65. The van der Waals surface area contributed by atoms with Crippen molar-refractivity contribution in [3.63, 3.8) is 0 Å². The second-order valence-electron chi connectivity index (χ2n) is 5.65. The summed E-state index contributed by atoms with van der Waals surface area (Å²) in [5.41, 5.74) is 3.81. The average molecular weight is 295 g/mol. The van der Waals surface area contributed by atoms with Gasteiger partial charge in [-0.1, -0.05) is 18.2 Å². The van der Waals surface area contributed by atoms with Gasteiger partial charge in [-0.05, 0) is 25.8 Å². The van der Waals surface area contributed by atoms with Crippen LogP contribution in [-0.2, 0) is 23.0 Å². The van der Waals surface area contributed by atoms with E-state index in [9.17, 15) is 4.79 Å². The Bertz CT molecular complexity index is 898. The van der Waals surface area contributed by atoms with Gasteiger partial charge in [-0.3, -0.25) is 14.5 Å². The minimum Gasteiger partial charge on any atom is -0.465 e. The van der Waals surface area contributed by atoms with Crippen molar-refractivity contribution in [2.24, 2.45) is 7.05 Å². The van der Waals surface area contributed by atoms with Gasteiger partial charge in [-0.15, -0.1) is 0 Å². The minimum atomic E-state index is -0.288. The maximum absolute atomic E-state index is 12.3. The number of para-hydroxylation sites is 1. The Morgan fingerprint density at radius 3 is 3.05 bits per heavy atom. The Hall–Kier alpha value is -2.43. The van der Waals surface area contributed by atoms with E-state index in [1.807, 2.05) is 36.9 Å². The monoisotopic (exact) mass is 295 g/mol. The Balaban J connectivity index is 2.06. The van der Waals surface area contributed by atoms with E-state index in [2.05, 4.69) is 11.2 Å². The zero-order valence-corrected chi connectivity index (χ0v) is 12.7. The predicted octanol–water partition coefficient (Wildman–Crippen LogP) is 2.71. The molecule has 22 heavy (non-hydrogen) atoms. The molecule has 3 aromatic rings. The number of aryl methyl sites for hydroxylation is 2. The fourth-order valence-electron chi connectivity index (χ4n) is 3.43. The SMILES string of the molecule is CCOC(=O)C1CCc2nn(C)c3c2c1nc1ccccc13. The van der Waals surface area contributed by atoms with Crippen molar-refractivity contribution in [3.8, 4) is 0 Å². The third-order valence-corrected chi connectivity index (χ3v) is 4.35. The zero-order chi connectivity index (χ0) is 15.3. The highest BCUT2D eigenvalue weighted by molar-refractivity contribution is 6.07. The maximum Gasteiger partial charge on any atom is 0.315 e. The number of fused-ring (bicyclic) bond motifs is 2. The van der Waals surface area contributed by atoms with E-state index in [0.29, 0.717) is 13.0 Å². The van der Waals surface area contributed by atoms with E-state index < -0.39 is 0 Å². The summed E-state index contributed by atoms with van der Waals surface area (Å²) in [4.78, 5) is 17.1. The van der Waals surface area contributed by atoms with Gasteiger partial charge in [-0.25, -0.2) is 0 Å². The molecular weight excluding hydrogens is 278 g/mol. The summed E-state index contributed by atoms with van der Waals surface area (Å²) in [6.45, 7) is 2.23. The molecule has 4 rings (SSSR count). The molecule has 0 bridgehead atoms. The van der Waals surface area contributed by atoms with Crippen molar-refractivity contribution in [1.82, 2.24) is 14.8 Å². The number of nitrogens with zero attached hydrogens (tertiary/aromatic N) is 3. The summed E-state index contributed by atoms with van der Waals surface area (Å²) >= 11 is 0. The van der Waals surface area contributed by atoms with Crippen molar-refractivity contribution in [3.05, 3.63) is 35.7 Å². The molecule has 0 spiro atoms. The van der Waals surface area contributed by atoms with Gasteiger partial charge in [0.15, 0.2) is 0 Å². The molecule has 0 N–H and O–H groups in total. The van der Waals surface area contributed by atoms with Crippen LogP contribution in [0.4, 0.5) is 0 Å². The lowest BCUT2D eigenvalue weighted by atomic mass is 9.88. The molecule has 0 amide bonds. The van der Waals surface area contributed by atoms with Gasteiger partial charge in [0.25, 0.3) is 0 Å². The van der Waals surface area contributed by atoms with Crippen LogP contribution in [0.2, 0.25) is 0 Å². The van der Waals surface area contributed by atoms with E-state index in [-0.39, 0.29) is 11.9 Å². The molecule has 1 aliphatic carbocycles. The summed E-state index contributed by atoms with van der Waals surface area (Å²) < 4.78 is 7.15. The Labute approximate surface area is 127 Å². The van der Waals surface area contributed by atoms with Crippen LogP contribution in [0.1, 0.15) is 30.7 Å². The summed E-state index contributed by atoms with van der Waals surface area (Å²) in [7, 11) is 1.95. The molecule has 1 unspecified atom stereocenters. The number of ether oxygens (including phenoxy) is 1. The second kappa shape index (κ2) is 4.80. The Morgan fingerprint density at radius 1 is 1.41 bits per heavy atom. The van der Waals surface area contributed by atoms with E-state index in [1.165, 1.54) is 0 Å². The molecule has 1 atom stereocenters. The van der Waals surface area contributed by atoms with Crippen LogP contribution in [0.5, 0.6) is 0 Å². The number of benzene rings is 1. The number of hydrogen-bond acceptors (Lipinski definition) is 4. The lowest BCUT2D eigenvalue weighted by Gasteiger charge is -2.20. The van der Waals surface area contributed by atoms with Gasteiger partial charge in [0.2, 0.25) is 0 Å². The molecule has 2 heterocycles. The summed E-state index contributed by atoms with van der Waals surface area (Å²) in [5, 5.41) is 6.74. The van der Waals surface area contributed by atoms with E-state index in [0.717, 1.165) is 39.6 Å². The lowest BCUT2D eigenvalue weighted by Crippen LogP contribution is -2.21. The number of aromatic nitrogens is 3. The number of esters is 1. The summed E-state index contributed by atoms with van der Waals surface area (Å²) in [6.07, 6.45) is 1.50. The normalized spacial score (nSPS) is 17.1. The molecule has 0 saturated carbocycles. The first-order valence-corrected chi connectivity index (χ1v) is 7.61. The van der Waals surface area contributed by atoms with Gasteiger partial charge in [0, 0.05) is 17.8 Å². The van der Waals surface area contributed by atoms with Crippen LogP contribution in [0, 0.1) is 0 Å². The summed E-state index contributed by atoms with van der Waals surface area (Å²) in [5.74, 6) is -0.468. The van der Waals surface area contributed by atoms with Crippen LogP contribution in [-0.4, -0.2) is 27.3 Å². The Morgan fingerprint density at radius 2 is 2.23 bits per heavy atom. The number of carbonyl (C=O) groups is 1. The number of hydrogen-bond donors (Lipinski definition) is 0. The average Bonchev–Trinajstić information content (AvgIpc) is 2.86. The van der Waals surface area contributed by atoms with Crippen molar-refractivity contribution >= 4 is 27.8 Å². The van der Waals surface area contributed by atoms with Gasteiger partial charge in [-0.2, -0.15) is 5.10 Å². The smallest absolute Gasteiger partial charge is 0.315 e. The fourth-order valence-corrected chi connectivity index (χ4v) is 3.43. The van der Waals surface area contributed by atoms with Gasteiger partial charge < -0.3 is 4.74 Å². The van der Waals surface area contributed by atoms with E-state index in [4.69, 9.17) is 9.72 Å². The molecule has 0 aliphatic heterocycles. The molecule has 1 aromatic carbocycles. The van der Waals surface area contributed by atoms with Gasteiger partial charge in [0.1, 0.15) is 5.92 Å². The molecule has 5 nitrogen and oxygen atoms in total. The largest absolute Gasteiger partial charge is 0.465 e. The number of carbonyl (C=O) groups excluding carboxylic acids is 1. The highest BCUT2D eigenvalue weighted by Crippen LogP contribution is 2.38. The lowest BCUT2D eigenvalue weighted by molar-refractivity contribution is -0.145. The van der Waals surface area contributed by atoms with Crippen LogP contribution in [0.25, 0.3) is 21.8 Å². The third-order valence-electron chi connectivity index (χ3n) is 4.35. The van der Waals surface area contributed by atoms with Gasteiger partial charge >= 0.3 is 5.97 Å². The quantitative estimate of drug-likeness (QED) is 0.682. The fraction of sp³-hybridized carbons (Fsp3) is 0.353. The number of pyridine rings is 1. The molecule has 1 aliphatic rings. The molecule has 5 heteroatoms. The minimum absolute atomic E-state index is 0.180. The van der Waals surface area contributed by atoms with Crippen LogP contribution < -0.4 is 0 Å². The molecular formula is C17H17N3O2. The topological polar surface area (TPSA) is 57.0 Å². The highest BCUT2D eigenvalue weighted by atomic mass is 16.5.